The van der Waals surface area contributed by atoms with Crippen LogP contribution in [0.25, 0.3) is 0 Å². The van der Waals surface area contributed by atoms with Crippen molar-refractivity contribution in [1.29, 1.82) is 5.26 Å². The van der Waals surface area contributed by atoms with Crippen LogP contribution in [0, 0.1) is 61.6 Å². The molecule has 43 heavy (non-hydrogen) atoms. The third-order valence-corrected chi connectivity index (χ3v) is 13.8. The van der Waals surface area contributed by atoms with Crippen LogP contribution in [0.3, 0.4) is 0 Å². The molecule has 6 rings (SSSR count). The first kappa shape index (κ1) is 30.0. The Morgan fingerprint density at radius 3 is 2.30 bits per heavy atom. The van der Waals surface area contributed by atoms with Crippen molar-refractivity contribution in [3.8, 4) is 6.07 Å². The van der Waals surface area contributed by atoms with Crippen LogP contribution in [0.5, 0.6) is 0 Å². The highest BCUT2D eigenvalue weighted by Gasteiger charge is 2.69. The van der Waals surface area contributed by atoms with E-state index in [0.29, 0.717) is 6.42 Å². The van der Waals surface area contributed by atoms with Gasteiger partial charge in [-0.1, -0.05) is 83.5 Å². The number of esters is 1. The number of ether oxygens (including phenoxy) is 1. The van der Waals surface area contributed by atoms with E-state index >= 15 is 0 Å². The van der Waals surface area contributed by atoms with Crippen LogP contribution in [0.2, 0.25) is 0 Å². The highest BCUT2D eigenvalue weighted by Crippen LogP contribution is 2.74. The molecule has 0 N–H and O–H groups in total. The summed E-state index contributed by atoms with van der Waals surface area (Å²) in [6.07, 6.45) is 9.94. The lowest BCUT2D eigenvalue weighted by molar-refractivity contribution is -0.181. The van der Waals surface area contributed by atoms with Gasteiger partial charge in [0.05, 0.1) is 11.0 Å². The molecule has 5 aliphatic carbocycles. The lowest BCUT2D eigenvalue weighted by Crippen LogP contribution is -2.64. The fraction of sp³-hybridized carbons (Fsp3) is 0.632. The van der Waals surface area contributed by atoms with Crippen LogP contribution in [-0.2, 0) is 25.7 Å². The molecule has 0 saturated heterocycles. The summed E-state index contributed by atoms with van der Waals surface area (Å²) < 4.78 is 5.90. The molecule has 5 nitrogen and oxygen atoms in total. The lowest BCUT2D eigenvalue weighted by atomic mass is 9.34. The molecule has 5 aliphatic rings. The molecule has 0 aliphatic heterocycles. The number of hydrogen-bond acceptors (Lipinski definition) is 5. The Bertz CT molecular complexity index is 1500. The zero-order valence-corrected chi connectivity index (χ0v) is 27.0. The van der Waals surface area contributed by atoms with Gasteiger partial charge < -0.3 is 4.74 Å². The maximum atomic E-state index is 14.6. The number of rotatable bonds is 3. The number of nitriles is 1. The third kappa shape index (κ3) is 4.04. The van der Waals surface area contributed by atoms with Gasteiger partial charge in [0.1, 0.15) is 12.7 Å². The van der Waals surface area contributed by atoms with Crippen molar-refractivity contribution in [2.45, 2.75) is 100 Å². The van der Waals surface area contributed by atoms with Gasteiger partial charge in [0.15, 0.2) is 11.6 Å². The maximum absolute atomic E-state index is 14.6. The zero-order chi connectivity index (χ0) is 31.2. The number of hydrogen-bond donors (Lipinski definition) is 0. The van der Waals surface area contributed by atoms with E-state index in [-0.39, 0.29) is 63.7 Å². The van der Waals surface area contributed by atoms with Gasteiger partial charge in [-0.05, 0) is 91.6 Å². The van der Waals surface area contributed by atoms with Gasteiger partial charge in [-0.2, -0.15) is 5.26 Å². The van der Waals surface area contributed by atoms with Crippen LogP contribution < -0.4 is 0 Å². The highest BCUT2D eigenvalue weighted by atomic mass is 16.5. The zero-order valence-electron chi connectivity index (χ0n) is 27.0. The molecule has 3 fully saturated rings. The van der Waals surface area contributed by atoms with Gasteiger partial charge in [-0.15, -0.1) is 0 Å². The van der Waals surface area contributed by atoms with Gasteiger partial charge >= 0.3 is 5.97 Å². The number of fused-ring (bicyclic) bond motifs is 7. The summed E-state index contributed by atoms with van der Waals surface area (Å²) in [7, 11) is 0. The smallest absolute Gasteiger partial charge is 0.312 e. The fourth-order valence-electron chi connectivity index (χ4n) is 10.8. The Hall–Kier alpha value is -3.00. The van der Waals surface area contributed by atoms with E-state index in [1.165, 1.54) is 0 Å². The number of benzene rings is 1. The standard InChI is InChI=1S/C38H47NO4/c1-33(2)28-13-14-37(6)29(36(28,5)20-25(22-39)31(33)41)19-27(40)30-26-21-35(4,16-15-34(26,3)17-18-38(30,37)7)32(42)43-23-24-11-9-8-10-12-24/h8-12,19-20,26,28,30H,13-18,21,23H2,1-7H3/t26-,28?,30-,34+,35-,36-,37+,38+/m0/s1. The minimum atomic E-state index is -0.673. The quantitative estimate of drug-likeness (QED) is 0.338. The van der Waals surface area contributed by atoms with Crippen LogP contribution in [-0.4, -0.2) is 17.5 Å². The highest BCUT2D eigenvalue weighted by molar-refractivity contribution is 6.04. The van der Waals surface area contributed by atoms with Crippen molar-refractivity contribution in [2.75, 3.05) is 0 Å². The Morgan fingerprint density at radius 1 is 0.953 bits per heavy atom. The van der Waals surface area contributed by atoms with E-state index in [4.69, 9.17) is 4.74 Å². The Morgan fingerprint density at radius 2 is 1.63 bits per heavy atom. The summed E-state index contributed by atoms with van der Waals surface area (Å²) in [5, 5.41) is 9.94. The number of carbonyl (C=O) groups excluding carboxylic acids is 3. The topological polar surface area (TPSA) is 84.2 Å². The lowest BCUT2D eigenvalue weighted by Gasteiger charge is -2.69. The van der Waals surface area contributed by atoms with Crippen LogP contribution in [0.15, 0.2) is 53.6 Å². The summed E-state index contributed by atoms with van der Waals surface area (Å²) >= 11 is 0. The largest absolute Gasteiger partial charge is 0.460 e. The first-order chi connectivity index (χ1) is 20.1. The summed E-state index contributed by atoms with van der Waals surface area (Å²) in [4.78, 5) is 41.5. The monoisotopic (exact) mass is 581 g/mol. The minimum absolute atomic E-state index is 0.00497. The molecule has 1 aromatic rings. The molecule has 0 radical (unpaired) electrons. The van der Waals surface area contributed by atoms with Crippen LogP contribution in [0.4, 0.5) is 0 Å². The third-order valence-electron chi connectivity index (χ3n) is 13.8. The molecule has 0 amide bonds. The number of carbonyl (C=O) groups is 3. The molecule has 1 unspecified atom stereocenters. The molecule has 228 valence electrons. The second kappa shape index (κ2) is 9.50. The van der Waals surface area contributed by atoms with Gasteiger partial charge in [0, 0.05) is 16.7 Å². The minimum Gasteiger partial charge on any atom is -0.460 e. The molecule has 5 heteroatoms. The van der Waals surface area contributed by atoms with Crippen molar-refractivity contribution in [3.05, 3.63) is 59.2 Å². The van der Waals surface area contributed by atoms with Crippen molar-refractivity contribution in [3.63, 3.8) is 0 Å². The Kier molecular flexibility index (Phi) is 6.64. The average molecular weight is 582 g/mol. The Balaban J connectivity index is 1.38. The van der Waals surface area contributed by atoms with E-state index in [2.05, 4.69) is 33.8 Å². The number of nitrogens with zero attached hydrogens (tertiary/aromatic N) is 1. The molecule has 3 saturated carbocycles. The van der Waals surface area contributed by atoms with Crippen LogP contribution >= 0.6 is 0 Å². The van der Waals surface area contributed by atoms with Gasteiger partial charge in [-0.25, -0.2) is 0 Å². The molecular weight excluding hydrogens is 534 g/mol. The fourth-order valence-corrected chi connectivity index (χ4v) is 10.8. The van der Waals surface area contributed by atoms with Crippen molar-refractivity contribution in [1.82, 2.24) is 0 Å². The van der Waals surface area contributed by atoms with E-state index in [1.54, 1.807) is 0 Å². The molecule has 0 spiro atoms. The molecule has 0 heterocycles. The average Bonchev–Trinajstić information content (AvgIpc) is 2.96. The predicted octanol–water partition coefficient (Wildman–Crippen LogP) is 7.95. The number of Topliss-reactive ketones (excluding diaryl/α,β-unsaturated/α-hetero) is 1. The van der Waals surface area contributed by atoms with E-state index in [0.717, 1.165) is 49.7 Å². The SMILES string of the molecule is CC1(C)C(=O)C(C#N)=C[C@]2(C)C3=CC(=O)[C@@H]4[C@@H]5C[C@@](C)(C(=O)OCc6ccccc6)CC[C@]5(C)CC[C@@]4(C)[C@]3(C)CCC12. The summed E-state index contributed by atoms with van der Waals surface area (Å²) in [6.45, 7) is 15.5. The van der Waals surface area contributed by atoms with Gasteiger partial charge in [0.2, 0.25) is 0 Å². The second-order valence-electron chi connectivity index (χ2n) is 16.4. The Labute approximate surface area is 257 Å². The molecular formula is C38H47NO4. The van der Waals surface area contributed by atoms with E-state index < -0.39 is 16.2 Å². The maximum Gasteiger partial charge on any atom is 0.312 e. The van der Waals surface area contributed by atoms with Gasteiger partial charge in [-0.3, -0.25) is 14.4 Å². The summed E-state index contributed by atoms with van der Waals surface area (Å²) in [5.74, 6) is -0.148. The molecule has 0 bridgehead atoms. The molecule has 0 aromatic heterocycles. The van der Waals surface area contributed by atoms with Gasteiger partial charge in [0.25, 0.3) is 0 Å². The van der Waals surface area contributed by atoms with E-state index in [1.807, 2.05) is 63.3 Å². The predicted molar refractivity (Wildman–Crippen MR) is 165 cm³/mol. The van der Waals surface area contributed by atoms with Crippen molar-refractivity contribution < 1.29 is 19.1 Å². The van der Waals surface area contributed by atoms with E-state index in [9.17, 15) is 19.6 Å². The summed E-state index contributed by atoms with van der Waals surface area (Å²) in [6, 6.07) is 12.0. The van der Waals surface area contributed by atoms with Crippen molar-refractivity contribution in [2.24, 2.45) is 50.2 Å². The van der Waals surface area contributed by atoms with Crippen molar-refractivity contribution >= 4 is 17.5 Å². The normalized spacial score (nSPS) is 43.1. The number of allylic oxidation sites excluding steroid dienone is 4. The molecule has 8 atom stereocenters. The first-order valence-corrected chi connectivity index (χ1v) is 16.2. The summed E-state index contributed by atoms with van der Waals surface area (Å²) in [5.41, 5.74) is -0.0867. The first-order valence-electron chi connectivity index (χ1n) is 16.2. The number of ketones is 2. The molecule has 1 aromatic carbocycles. The second-order valence-corrected chi connectivity index (χ2v) is 16.4. The van der Waals surface area contributed by atoms with Crippen LogP contribution in [0.1, 0.15) is 99.0 Å².